The fraction of sp³-hybridized carbons (Fsp3) is 0.938. The Morgan fingerprint density at radius 2 is 1.85 bits per heavy atom. The Balaban J connectivity index is 2.41. The van der Waals surface area contributed by atoms with E-state index >= 15 is 0 Å². The number of carbonyl (C=O) groups excluding carboxylic acids is 1. The van der Waals surface area contributed by atoms with Crippen LogP contribution in [0.2, 0.25) is 0 Å². The summed E-state index contributed by atoms with van der Waals surface area (Å²) in [4.78, 5) is 14.2. The van der Waals surface area contributed by atoms with Gasteiger partial charge in [-0.2, -0.15) is 0 Å². The molecule has 1 fully saturated rings. The first-order valence-electron chi connectivity index (χ1n) is 8.29. The van der Waals surface area contributed by atoms with Crippen molar-refractivity contribution in [1.82, 2.24) is 4.90 Å². The summed E-state index contributed by atoms with van der Waals surface area (Å²) in [6.45, 7) is 3.42. The van der Waals surface area contributed by atoms with Crippen LogP contribution in [0.25, 0.3) is 0 Å². The van der Waals surface area contributed by atoms with E-state index < -0.39 is 0 Å². The van der Waals surface area contributed by atoms with Crippen molar-refractivity contribution in [2.45, 2.75) is 76.7 Å². The van der Waals surface area contributed by atoms with Gasteiger partial charge in [0.2, 0.25) is 5.91 Å². The van der Waals surface area contributed by atoms with Gasteiger partial charge in [-0.1, -0.05) is 45.4 Å². The van der Waals surface area contributed by atoms with Crippen molar-refractivity contribution in [1.29, 1.82) is 0 Å². The van der Waals surface area contributed by atoms with Crippen molar-refractivity contribution in [2.75, 3.05) is 19.7 Å². The number of nitrogens with two attached hydrogens (primary N) is 1. The highest BCUT2D eigenvalue weighted by Crippen LogP contribution is 2.29. The fourth-order valence-corrected chi connectivity index (χ4v) is 3.06. The highest BCUT2D eigenvalue weighted by Gasteiger charge is 2.31. The molecule has 4 nitrogen and oxygen atoms in total. The molecule has 0 aliphatic heterocycles. The molecule has 1 rings (SSSR count). The topological polar surface area (TPSA) is 66.6 Å². The molecule has 0 aromatic rings. The molecule has 0 unspecified atom stereocenters. The summed E-state index contributed by atoms with van der Waals surface area (Å²) >= 11 is 0. The van der Waals surface area contributed by atoms with Gasteiger partial charge in [0, 0.05) is 25.0 Å². The first kappa shape index (κ1) is 17.4. The molecule has 1 aliphatic rings. The molecule has 1 aliphatic carbocycles. The lowest BCUT2D eigenvalue weighted by Crippen LogP contribution is -2.47. The molecular formula is C16H32N2O2. The number of unbranched alkanes of at least 4 members (excludes halogenated alkanes) is 3. The third kappa shape index (κ3) is 6.23. The number of amides is 1. The average molecular weight is 284 g/mol. The maximum Gasteiger partial charge on any atom is 0.224 e. The summed E-state index contributed by atoms with van der Waals surface area (Å²) in [6, 6.07) is 0. The van der Waals surface area contributed by atoms with Crippen molar-refractivity contribution >= 4 is 5.91 Å². The first-order valence-corrected chi connectivity index (χ1v) is 8.29. The van der Waals surface area contributed by atoms with Crippen LogP contribution >= 0.6 is 0 Å². The van der Waals surface area contributed by atoms with E-state index in [1.807, 2.05) is 0 Å². The van der Waals surface area contributed by atoms with E-state index in [0.717, 1.165) is 45.1 Å². The van der Waals surface area contributed by atoms with Crippen LogP contribution in [0.15, 0.2) is 0 Å². The average Bonchev–Trinajstić information content (AvgIpc) is 2.42. The smallest absolute Gasteiger partial charge is 0.224 e. The Morgan fingerprint density at radius 3 is 2.45 bits per heavy atom. The van der Waals surface area contributed by atoms with E-state index in [9.17, 15) is 4.79 Å². The second-order valence-electron chi connectivity index (χ2n) is 6.26. The summed E-state index contributed by atoms with van der Waals surface area (Å²) in [6.07, 6.45) is 10.5. The molecule has 0 radical (unpaired) electrons. The zero-order valence-corrected chi connectivity index (χ0v) is 13.1. The lowest BCUT2D eigenvalue weighted by molar-refractivity contribution is -0.133. The van der Waals surface area contributed by atoms with E-state index in [4.69, 9.17) is 10.8 Å². The first-order chi connectivity index (χ1) is 9.61. The molecule has 0 aromatic heterocycles. The quantitative estimate of drug-likeness (QED) is 0.639. The van der Waals surface area contributed by atoms with Crippen molar-refractivity contribution in [2.24, 2.45) is 5.73 Å². The van der Waals surface area contributed by atoms with E-state index in [1.165, 1.54) is 19.3 Å². The summed E-state index contributed by atoms with van der Waals surface area (Å²) in [5.74, 6) is 0.125. The monoisotopic (exact) mass is 284 g/mol. The fourth-order valence-electron chi connectivity index (χ4n) is 3.06. The molecule has 1 saturated carbocycles. The van der Waals surface area contributed by atoms with Crippen LogP contribution in [0.5, 0.6) is 0 Å². The second-order valence-corrected chi connectivity index (χ2v) is 6.26. The maximum absolute atomic E-state index is 12.4. The molecule has 0 heterocycles. The third-order valence-electron chi connectivity index (χ3n) is 4.36. The number of nitrogens with zero attached hydrogens (tertiary/aromatic N) is 1. The predicted octanol–water partition coefficient (Wildman–Crippen LogP) is 2.44. The van der Waals surface area contributed by atoms with Crippen molar-refractivity contribution in [3.63, 3.8) is 0 Å². The van der Waals surface area contributed by atoms with E-state index in [0.29, 0.717) is 13.0 Å². The molecule has 118 valence electrons. The second kappa shape index (κ2) is 9.35. The molecule has 1 amide bonds. The van der Waals surface area contributed by atoms with Crippen LogP contribution in [-0.4, -0.2) is 41.1 Å². The Morgan fingerprint density at radius 1 is 1.15 bits per heavy atom. The van der Waals surface area contributed by atoms with Gasteiger partial charge in [-0.05, 0) is 19.3 Å². The molecule has 0 bridgehead atoms. The number of carbonyl (C=O) groups is 1. The molecule has 0 atom stereocenters. The standard InChI is InChI=1S/C16H32N2O2/c1-2-3-4-8-11-18(12-13-19)15(20)14-16(17)9-6-5-7-10-16/h19H,2-14,17H2,1H3. The van der Waals surface area contributed by atoms with E-state index in [-0.39, 0.29) is 18.1 Å². The van der Waals surface area contributed by atoms with Crippen LogP contribution in [0.3, 0.4) is 0 Å². The number of hydrogen-bond acceptors (Lipinski definition) is 3. The summed E-state index contributed by atoms with van der Waals surface area (Å²) in [5.41, 5.74) is 6.06. The highest BCUT2D eigenvalue weighted by molar-refractivity contribution is 5.77. The predicted molar refractivity (Wildman–Crippen MR) is 82.4 cm³/mol. The molecular weight excluding hydrogens is 252 g/mol. The zero-order valence-electron chi connectivity index (χ0n) is 13.1. The zero-order chi connectivity index (χ0) is 14.8. The number of aliphatic hydroxyl groups excluding tert-OH is 1. The molecule has 4 heteroatoms. The maximum atomic E-state index is 12.4. The van der Waals surface area contributed by atoms with Gasteiger partial charge in [-0.25, -0.2) is 0 Å². The van der Waals surface area contributed by atoms with Gasteiger partial charge >= 0.3 is 0 Å². The normalized spacial score (nSPS) is 17.9. The Labute approximate surface area is 123 Å². The minimum absolute atomic E-state index is 0.0388. The Kier molecular flexibility index (Phi) is 8.15. The Hall–Kier alpha value is -0.610. The van der Waals surface area contributed by atoms with Crippen molar-refractivity contribution in [3.8, 4) is 0 Å². The summed E-state index contributed by atoms with van der Waals surface area (Å²) in [5, 5.41) is 9.13. The van der Waals surface area contributed by atoms with Crippen molar-refractivity contribution in [3.05, 3.63) is 0 Å². The van der Waals surface area contributed by atoms with E-state index in [1.54, 1.807) is 4.90 Å². The van der Waals surface area contributed by atoms with Gasteiger partial charge in [0.05, 0.1) is 6.61 Å². The van der Waals surface area contributed by atoms with Crippen LogP contribution in [0.4, 0.5) is 0 Å². The number of rotatable bonds is 9. The largest absolute Gasteiger partial charge is 0.395 e. The lowest BCUT2D eigenvalue weighted by Gasteiger charge is -2.35. The van der Waals surface area contributed by atoms with Crippen LogP contribution in [0, 0.1) is 0 Å². The van der Waals surface area contributed by atoms with Gasteiger partial charge in [0.15, 0.2) is 0 Å². The Bertz CT molecular complexity index is 276. The van der Waals surface area contributed by atoms with Gasteiger partial charge in [0.25, 0.3) is 0 Å². The van der Waals surface area contributed by atoms with Gasteiger partial charge in [0.1, 0.15) is 0 Å². The SMILES string of the molecule is CCCCCCN(CCO)C(=O)CC1(N)CCCCC1. The van der Waals surface area contributed by atoms with Crippen LogP contribution in [-0.2, 0) is 4.79 Å². The van der Waals surface area contributed by atoms with Gasteiger partial charge < -0.3 is 15.7 Å². The molecule has 0 spiro atoms. The van der Waals surface area contributed by atoms with Crippen LogP contribution in [0.1, 0.15) is 71.1 Å². The minimum Gasteiger partial charge on any atom is -0.395 e. The molecule has 0 aromatic carbocycles. The number of hydrogen-bond donors (Lipinski definition) is 2. The van der Waals surface area contributed by atoms with Crippen molar-refractivity contribution < 1.29 is 9.90 Å². The molecule has 20 heavy (non-hydrogen) atoms. The number of aliphatic hydroxyl groups is 1. The lowest BCUT2D eigenvalue weighted by atomic mass is 9.80. The highest BCUT2D eigenvalue weighted by atomic mass is 16.3. The molecule has 3 N–H and O–H groups in total. The molecule has 0 saturated heterocycles. The van der Waals surface area contributed by atoms with E-state index in [2.05, 4.69) is 6.92 Å². The van der Waals surface area contributed by atoms with Crippen LogP contribution < -0.4 is 5.73 Å². The minimum atomic E-state index is -0.299. The third-order valence-corrected chi connectivity index (χ3v) is 4.36. The van der Waals surface area contributed by atoms with Gasteiger partial charge in [-0.3, -0.25) is 4.79 Å². The summed E-state index contributed by atoms with van der Waals surface area (Å²) < 4.78 is 0. The summed E-state index contributed by atoms with van der Waals surface area (Å²) in [7, 11) is 0. The van der Waals surface area contributed by atoms with Gasteiger partial charge in [-0.15, -0.1) is 0 Å².